The molecule has 0 fully saturated rings. The summed E-state index contributed by atoms with van der Waals surface area (Å²) in [6, 6.07) is 11.6. The molecule has 0 spiro atoms. The molecule has 2 rings (SSSR count). The zero-order valence-electron chi connectivity index (χ0n) is 11.1. The van der Waals surface area contributed by atoms with E-state index < -0.39 is 0 Å². The monoisotopic (exact) mass is 276 g/mol. The van der Waals surface area contributed by atoms with Crippen LogP contribution in [-0.2, 0) is 4.79 Å². The van der Waals surface area contributed by atoms with Gasteiger partial charge in [-0.05, 0) is 19.1 Å². The molecule has 0 heterocycles. The Hall–Kier alpha value is -1.74. The third-order valence-corrected chi connectivity index (χ3v) is 3.53. The Balaban J connectivity index is 2.22. The molecule has 0 bridgehead atoms. The van der Waals surface area contributed by atoms with Crippen molar-refractivity contribution in [2.45, 2.75) is 6.92 Å². The molecule has 2 aromatic carbocycles. The van der Waals surface area contributed by atoms with E-state index in [-0.39, 0.29) is 12.5 Å². The molecule has 1 amide bonds. The first-order valence-corrected chi connectivity index (χ1v) is 6.66. The summed E-state index contributed by atoms with van der Waals surface area (Å²) in [5.74, 6) is 0.0709. The lowest BCUT2D eigenvalue weighted by Gasteiger charge is -2.16. The zero-order valence-corrected chi connectivity index (χ0v) is 11.9. The molecule has 0 aromatic heterocycles. The number of anilines is 1. The second-order valence-electron chi connectivity index (χ2n) is 4.40. The lowest BCUT2D eigenvalue weighted by Crippen LogP contribution is -2.31. The first kappa shape index (κ1) is 13.7. The predicted molar refractivity (Wildman–Crippen MR) is 80.8 cm³/mol. The number of benzene rings is 2. The molecule has 0 aliphatic rings. The Morgan fingerprint density at radius 3 is 2.58 bits per heavy atom. The van der Waals surface area contributed by atoms with E-state index >= 15 is 0 Å². The van der Waals surface area contributed by atoms with E-state index in [0.717, 1.165) is 21.5 Å². The molecule has 0 unspecified atom stereocenters. The number of rotatable bonds is 4. The summed E-state index contributed by atoms with van der Waals surface area (Å²) in [5, 5.41) is 5.92. The SMILES string of the molecule is CCN(C)C(=O)CNc1ccc(Cl)c2ccccc12. The molecule has 0 saturated carbocycles. The van der Waals surface area contributed by atoms with Crippen molar-refractivity contribution >= 4 is 34.0 Å². The fourth-order valence-electron chi connectivity index (χ4n) is 1.90. The van der Waals surface area contributed by atoms with Crippen LogP contribution in [0.15, 0.2) is 36.4 Å². The summed E-state index contributed by atoms with van der Waals surface area (Å²) in [7, 11) is 1.80. The number of hydrogen-bond acceptors (Lipinski definition) is 2. The van der Waals surface area contributed by atoms with Gasteiger partial charge in [0, 0.05) is 35.1 Å². The lowest BCUT2D eigenvalue weighted by atomic mass is 10.1. The van der Waals surface area contributed by atoms with Gasteiger partial charge in [-0.1, -0.05) is 35.9 Å². The molecule has 0 atom stereocenters. The summed E-state index contributed by atoms with van der Waals surface area (Å²) in [5.41, 5.74) is 0.929. The van der Waals surface area contributed by atoms with Crippen LogP contribution in [-0.4, -0.2) is 30.9 Å². The minimum atomic E-state index is 0.0709. The summed E-state index contributed by atoms with van der Waals surface area (Å²) in [6.07, 6.45) is 0. The Bertz CT molecular complexity index is 598. The maximum absolute atomic E-state index is 11.8. The second-order valence-corrected chi connectivity index (χ2v) is 4.81. The van der Waals surface area contributed by atoms with E-state index in [1.807, 2.05) is 43.3 Å². The predicted octanol–water partition coefficient (Wildman–Crippen LogP) is 3.38. The number of carbonyl (C=O) groups excluding carboxylic acids is 1. The smallest absolute Gasteiger partial charge is 0.241 e. The van der Waals surface area contributed by atoms with Gasteiger partial charge in [-0.3, -0.25) is 4.79 Å². The number of nitrogens with one attached hydrogen (secondary N) is 1. The fourth-order valence-corrected chi connectivity index (χ4v) is 2.13. The summed E-state index contributed by atoms with van der Waals surface area (Å²) in [6.45, 7) is 2.95. The van der Waals surface area contributed by atoms with Crippen LogP contribution in [0.2, 0.25) is 5.02 Å². The number of likely N-dealkylation sites (N-methyl/N-ethyl adjacent to an activating group) is 1. The topological polar surface area (TPSA) is 32.3 Å². The highest BCUT2D eigenvalue weighted by atomic mass is 35.5. The van der Waals surface area contributed by atoms with Crippen molar-refractivity contribution in [3.8, 4) is 0 Å². The third-order valence-electron chi connectivity index (χ3n) is 3.20. The molecule has 3 nitrogen and oxygen atoms in total. The zero-order chi connectivity index (χ0) is 13.8. The first-order chi connectivity index (χ1) is 9.13. The van der Waals surface area contributed by atoms with E-state index in [1.165, 1.54) is 0 Å². The van der Waals surface area contributed by atoms with Crippen molar-refractivity contribution in [3.05, 3.63) is 41.4 Å². The number of hydrogen-bond donors (Lipinski definition) is 1. The highest BCUT2D eigenvalue weighted by Gasteiger charge is 2.08. The number of carbonyl (C=O) groups is 1. The van der Waals surface area contributed by atoms with Crippen molar-refractivity contribution in [2.24, 2.45) is 0 Å². The largest absolute Gasteiger partial charge is 0.376 e. The van der Waals surface area contributed by atoms with Gasteiger partial charge >= 0.3 is 0 Å². The van der Waals surface area contributed by atoms with Gasteiger partial charge in [0.1, 0.15) is 0 Å². The van der Waals surface area contributed by atoms with Gasteiger partial charge in [-0.2, -0.15) is 0 Å². The van der Waals surface area contributed by atoms with Gasteiger partial charge in [-0.25, -0.2) is 0 Å². The fraction of sp³-hybridized carbons (Fsp3) is 0.267. The van der Waals surface area contributed by atoms with Gasteiger partial charge in [0.15, 0.2) is 0 Å². The van der Waals surface area contributed by atoms with Gasteiger partial charge in [0.25, 0.3) is 0 Å². The maximum Gasteiger partial charge on any atom is 0.241 e. The molecule has 0 radical (unpaired) electrons. The highest BCUT2D eigenvalue weighted by molar-refractivity contribution is 6.36. The van der Waals surface area contributed by atoms with E-state index in [1.54, 1.807) is 11.9 Å². The minimum absolute atomic E-state index is 0.0709. The van der Waals surface area contributed by atoms with Crippen LogP contribution in [0, 0.1) is 0 Å². The Labute approximate surface area is 118 Å². The average Bonchev–Trinajstić information content (AvgIpc) is 2.45. The van der Waals surface area contributed by atoms with Crippen molar-refractivity contribution in [3.63, 3.8) is 0 Å². The van der Waals surface area contributed by atoms with Crippen molar-refractivity contribution in [2.75, 3.05) is 25.5 Å². The van der Waals surface area contributed by atoms with Gasteiger partial charge < -0.3 is 10.2 Å². The number of amides is 1. The third kappa shape index (κ3) is 2.99. The van der Waals surface area contributed by atoms with Crippen molar-refractivity contribution < 1.29 is 4.79 Å². The lowest BCUT2D eigenvalue weighted by molar-refractivity contribution is -0.127. The van der Waals surface area contributed by atoms with Crippen LogP contribution < -0.4 is 5.32 Å². The molecule has 100 valence electrons. The van der Waals surface area contributed by atoms with Crippen LogP contribution in [0.5, 0.6) is 0 Å². The minimum Gasteiger partial charge on any atom is -0.376 e. The van der Waals surface area contributed by atoms with E-state index in [4.69, 9.17) is 11.6 Å². The Morgan fingerprint density at radius 2 is 1.89 bits per heavy atom. The standard InChI is InChI=1S/C15H17ClN2O/c1-3-18(2)15(19)10-17-14-9-8-13(16)11-6-4-5-7-12(11)14/h4-9,17H,3,10H2,1-2H3. The molecule has 0 aliphatic heterocycles. The van der Waals surface area contributed by atoms with Crippen LogP contribution in [0.3, 0.4) is 0 Å². The summed E-state index contributed by atoms with van der Waals surface area (Å²) in [4.78, 5) is 13.5. The molecule has 0 saturated heterocycles. The highest BCUT2D eigenvalue weighted by Crippen LogP contribution is 2.29. The molecule has 1 N–H and O–H groups in total. The average molecular weight is 277 g/mol. The Kier molecular flexibility index (Phi) is 4.27. The van der Waals surface area contributed by atoms with Crippen LogP contribution in [0.25, 0.3) is 10.8 Å². The normalized spacial score (nSPS) is 10.5. The Morgan fingerprint density at radius 1 is 1.21 bits per heavy atom. The second kappa shape index (κ2) is 5.93. The van der Waals surface area contributed by atoms with E-state index in [9.17, 15) is 4.79 Å². The molecule has 0 aliphatic carbocycles. The van der Waals surface area contributed by atoms with E-state index in [0.29, 0.717) is 6.54 Å². The van der Waals surface area contributed by atoms with Gasteiger partial charge in [0.2, 0.25) is 5.91 Å². The molecule has 2 aromatic rings. The van der Waals surface area contributed by atoms with Crippen molar-refractivity contribution in [1.82, 2.24) is 4.90 Å². The van der Waals surface area contributed by atoms with Crippen LogP contribution in [0.1, 0.15) is 6.92 Å². The summed E-state index contributed by atoms with van der Waals surface area (Å²) < 4.78 is 0. The number of fused-ring (bicyclic) bond motifs is 1. The molecular weight excluding hydrogens is 260 g/mol. The van der Waals surface area contributed by atoms with Gasteiger partial charge in [-0.15, -0.1) is 0 Å². The molecule has 19 heavy (non-hydrogen) atoms. The molecular formula is C15H17ClN2O. The van der Waals surface area contributed by atoms with Crippen LogP contribution in [0.4, 0.5) is 5.69 Å². The number of halogens is 1. The molecule has 4 heteroatoms. The van der Waals surface area contributed by atoms with E-state index in [2.05, 4.69) is 5.32 Å². The number of nitrogens with zero attached hydrogens (tertiary/aromatic N) is 1. The van der Waals surface area contributed by atoms with Crippen molar-refractivity contribution in [1.29, 1.82) is 0 Å². The van der Waals surface area contributed by atoms with Gasteiger partial charge in [0.05, 0.1) is 6.54 Å². The van der Waals surface area contributed by atoms with Crippen LogP contribution >= 0.6 is 11.6 Å². The summed E-state index contributed by atoms with van der Waals surface area (Å²) >= 11 is 6.16. The first-order valence-electron chi connectivity index (χ1n) is 6.28. The maximum atomic E-state index is 11.8. The quantitative estimate of drug-likeness (QED) is 0.928.